The predicted octanol–water partition coefficient (Wildman–Crippen LogP) is 3.44. The maximum absolute atomic E-state index is 5.30. The molecule has 0 unspecified atom stereocenters. The maximum atomic E-state index is 5.30. The van der Waals surface area contributed by atoms with Crippen molar-refractivity contribution in [1.29, 1.82) is 0 Å². The lowest BCUT2D eigenvalue weighted by Crippen LogP contribution is -1.63. The van der Waals surface area contributed by atoms with Crippen LogP contribution in [0.15, 0.2) is 22.9 Å². The van der Waals surface area contributed by atoms with Gasteiger partial charge in [0.25, 0.3) is 0 Å². The van der Waals surface area contributed by atoms with Crippen LogP contribution >= 0.6 is 22.7 Å². The molecule has 0 aliphatic heterocycles. The predicted molar refractivity (Wildman–Crippen MR) is 63.5 cm³/mol. The standard InChI is InChI=1S/C12H6S2/c1-3-9-5-11(13-7-9)12-6-10(4-2)8-14-12/h1-2,5-8H. The maximum Gasteiger partial charge on any atom is 0.0455 e. The molecule has 2 aromatic heterocycles. The van der Waals surface area contributed by atoms with Gasteiger partial charge in [-0.05, 0) is 12.1 Å². The highest BCUT2D eigenvalue weighted by Crippen LogP contribution is 2.31. The minimum atomic E-state index is 0.931. The molecule has 2 heterocycles. The summed E-state index contributed by atoms with van der Waals surface area (Å²) in [6.45, 7) is 0. The van der Waals surface area contributed by atoms with Gasteiger partial charge >= 0.3 is 0 Å². The van der Waals surface area contributed by atoms with Crippen molar-refractivity contribution in [3.63, 3.8) is 0 Å². The Hall–Kier alpha value is -1.48. The van der Waals surface area contributed by atoms with Gasteiger partial charge in [-0.25, -0.2) is 0 Å². The Morgan fingerprint density at radius 1 is 0.857 bits per heavy atom. The molecule has 0 amide bonds. The fraction of sp³-hybridized carbons (Fsp3) is 0. The van der Waals surface area contributed by atoms with Crippen molar-refractivity contribution in [2.45, 2.75) is 0 Å². The first kappa shape index (κ1) is 9.09. The molecule has 2 aromatic rings. The Bertz CT molecular complexity index is 479. The van der Waals surface area contributed by atoms with E-state index in [9.17, 15) is 0 Å². The van der Waals surface area contributed by atoms with Gasteiger partial charge in [-0.2, -0.15) is 0 Å². The highest BCUT2D eigenvalue weighted by molar-refractivity contribution is 7.20. The molecule has 66 valence electrons. The molecule has 2 heteroatoms. The zero-order valence-electron chi connectivity index (χ0n) is 7.28. The first-order chi connectivity index (χ1) is 6.83. The van der Waals surface area contributed by atoms with Gasteiger partial charge in [0.1, 0.15) is 0 Å². The fourth-order valence-electron chi connectivity index (χ4n) is 1.08. The van der Waals surface area contributed by atoms with Crippen LogP contribution in [-0.2, 0) is 0 Å². The molecule has 0 saturated carbocycles. The van der Waals surface area contributed by atoms with Gasteiger partial charge in [0.2, 0.25) is 0 Å². The van der Waals surface area contributed by atoms with Crippen molar-refractivity contribution in [3.05, 3.63) is 34.0 Å². The van der Waals surface area contributed by atoms with E-state index in [2.05, 4.69) is 11.8 Å². The van der Waals surface area contributed by atoms with Crippen molar-refractivity contribution in [2.24, 2.45) is 0 Å². The van der Waals surface area contributed by atoms with Crippen LogP contribution in [0.3, 0.4) is 0 Å². The topological polar surface area (TPSA) is 0 Å². The lowest BCUT2D eigenvalue weighted by molar-refractivity contribution is 1.82. The minimum absolute atomic E-state index is 0.931. The summed E-state index contributed by atoms with van der Waals surface area (Å²) in [7, 11) is 0. The summed E-state index contributed by atoms with van der Waals surface area (Å²) in [6.07, 6.45) is 10.6. The molecule has 0 aliphatic carbocycles. The second kappa shape index (κ2) is 3.72. The third-order valence-corrected chi connectivity index (χ3v) is 3.83. The molecule has 0 atom stereocenters. The van der Waals surface area contributed by atoms with Crippen LogP contribution in [0.4, 0.5) is 0 Å². The normalized spacial score (nSPS) is 9.29. The molecule has 0 saturated heterocycles. The van der Waals surface area contributed by atoms with E-state index in [1.807, 2.05) is 22.9 Å². The van der Waals surface area contributed by atoms with Gasteiger partial charge in [-0.3, -0.25) is 0 Å². The van der Waals surface area contributed by atoms with E-state index >= 15 is 0 Å². The number of rotatable bonds is 1. The Kier molecular flexibility index (Phi) is 2.41. The highest BCUT2D eigenvalue weighted by atomic mass is 32.1. The van der Waals surface area contributed by atoms with Crippen molar-refractivity contribution in [1.82, 2.24) is 0 Å². The van der Waals surface area contributed by atoms with Gasteiger partial charge in [0.15, 0.2) is 0 Å². The molecular formula is C12H6S2. The smallest absolute Gasteiger partial charge is 0.0455 e. The second-order valence-corrected chi connectivity index (χ2v) is 4.51. The van der Waals surface area contributed by atoms with Gasteiger partial charge in [-0.1, -0.05) is 11.8 Å². The Balaban J connectivity index is 2.41. The third-order valence-electron chi connectivity index (χ3n) is 1.78. The summed E-state index contributed by atoms with van der Waals surface area (Å²) in [5, 5.41) is 3.95. The quantitative estimate of drug-likeness (QED) is 0.638. The molecule has 0 bridgehead atoms. The van der Waals surface area contributed by atoms with E-state index in [4.69, 9.17) is 12.8 Å². The summed E-state index contributed by atoms with van der Waals surface area (Å²) < 4.78 is 0. The van der Waals surface area contributed by atoms with Crippen molar-refractivity contribution >= 4 is 22.7 Å². The molecule has 14 heavy (non-hydrogen) atoms. The van der Waals surface area contributed by atoms with E-state index in [1.165, 1.54) is 9.75 Å². The Morgan fingerprint density at radius 3 is 1.57 bits per heavy atom. The summed E-state index contributed by atoms with van der Waals surface area (Å²) in [5.74, 6) is 5.23. The van der Waals surface area contributed by atoms with Gasteiger partial charge in [0, 0.05) is 31.6 Å². The van der Waals surface area contributed by atoms with Gasteiger partial charge in [-0.15, -0.1) is 35.5 Å². The van der Waals surface area contributed by atoms with E-state index in [0.29, 0.717) is 0 Å². The summed E-state index contributed by atoms with van der Waals surface area (Å²) in [4.78, 5) is 2.37. The monoisotopic (exact) mass is 214 g/mol. The van der Waals surface area contributed by atoms with Crippen LogP contribution in [-0.4, -0.2) is 0 Å². The fourth-order valence-corrected chi connectivity index (χ4v) is 2.89. The number of hydrogen-bond acceptors (Lipinski definition) is 2. The zero-order chi connectivity index (χ0) is 9.97. The Labute approximate surface area is 91.2 Å². The molecule has 0 spiro atoms. The largest absolute Gasteiger partial charge is 0.142 e. The van der Waals surface area contributed by atoms with Crippen molar-refractivity contribution < 1.29 is 0 Å². The average Bonchev–Trinajstić information content (AvgIpc) is 2.86. The van der Waals surface area contributed by atoms with E-state index in [-0.39, 0.29) is 0 Å². The lowest BCUT2D eigenvalue weighted by atomic mass is 10.2. The van der Waals surface area contributed by atoms with Crippen LogP contribution in [0.1, 0.15) is 11.1 Å². The van der Waals surface area contributed by atoms with Crippen LogP contribution in [0.25, 0.3) is 9.75 Å². The van der Waals surface area contributed by atoms with Gasteiger partial charge in [0.05, 0.1) is 0 Å². The summed E-state index contributed by atoms with van der Waals surface area (Å²) in [6, 6.07) is 4.02. The first-order valence-corrected chi connectivity index (χ1v) is 5.70. The zero-order valence-corrected chi connectivity index (χ0v) is 8.91. The molecule has 2 rings (SSSR count). The highest BCUT2D eigenvalue weighted by Gasteiger charge is 2.03. The van der Waals surface area contributed by atoms with Crippen molar-refractivity contribution in [3.8, 4) is 34.4 Å². The second-order valence-electron chi connectivity index (χ2n) is 2.69. The molecular weight excluding hydrogens is 208 g/mol. The van der Waals surface area contributed by atoms with Crippen LogP contribution in [0.5, 0.6) is 0 Å². The number of hydrogen-bond donors (Lipinski definition) is 0. The average molecular weight is 214 g/mol. The summed E-state index contributed by atoms with van der Waals surface area (Å²) >= 11 is 3.30. The minimum Gasteiger partial charge on any atom is -0.142 e. The molecule has 0 fully saturated rings. The number of thiophene rings is 2. The first-order valence-electron chi connectivity index (χ1n) is 3.94. The van der Waals surface area contributed by atoms with E-state index < -0.39 is 0 Å². The molecule has 0 aliphatic rings. The van der Waals surface area contributed by atoms with Crippen molar-refractivity contribution in [2.75, 3.05) is 0 Å². The van der Waals surface area contributed by atoms with E-state index in [1.54, 1.807) is 22.7 Å². The van der Waals surface area contributed by atoms with Crippen LogP contribution in [0, 0.1) is 24.7 Å². The lowest BCUT2D eigenvalue weighted by Gasteiger charge is -1.86. The third kappa shape index (κ3) is 1.59. The molecule has 0 nitrogen and oxygen atoms in total. The van der Waals surface area contributed by atoms with Crippen LogP contribution in [0.2, 0.25) is 0 Å². The van der Waals surface area contributed by atoms with Gasteiger partial charge < -0.3 is 0 Å². The summed E-state index contributed by atoms with van der Waals surface area (Å²) in [5.41, 5.74) is 1.86. The Morgan fingerprint density at radius 2 is 1.29 bits per heavy atom. The molecule has 0 radical (unpaired) electrons. The molecule has 0 N–H and O–H groups in total. The molecule has 0 aromatic carbocycles. The van der Waals surface area contributed by atoms with E-state index in [0.717, 1.165) is 11.1 Å². The number of terminal acetylenes is 2. The SMILES string of the molecule is C#Cc1csc(-c2cc(C#C)cs2)c1. The van der Waals surface area contributed by atoms with Crippen LogP contribution < -0.4 is 0 Å².